The molecule has 0 aliphatic heterocycles. The van der Waals surface area contributed by atoms with Crippen LogP contribution in [-0.2, 0) is 8.98 Å². The molecule has 0 spiro atoms. The topological polar surface area (TPSA) is 26.3 Å². The van der Waals surface area contributed by atoms with E-state index in [1.54, 1.807) is 6.92 Å². The number of carbonyl (C=O) groups is 1. The second-order valence-electron chi connectivity index (χ2n) is 5.00. The zero-order valence-corrected chi connectivity index (χ0v) is 17.1. The first-order valence-corrected chi connectivity index (χ1v) is 18.2. The van der Waals surface area contributed by atoms with Crippen molar-refractivity contribution in [1.82, 2.24) is 0 Å². The molecule has 0 fully saturated rings. The van der Waals surface area contributed by atoms with Crippen molar-refractivity contribution in [3.05, 3.63) is 0 Å². The zero-order valence-electron chi connectivity index (χ0n) is 13.0. The number of hydrogen-bond donors (Lipinski definition) is 0. The fourth-order valence-corrected chi connectivity index (χ4v) is 29.8. The van der Waals surface area contributed by atoms with E-state index in [-0.39, 0.29) is 5.97 Å². The molecule has 0 saturated carbocycles. The number of rotatable bonds is 10. The second-order valence-corrected chi connectivity index (χ2v) is 27.8. The molecular weight excluding hydrogens is 351 g/mol. The SMILES string of the molecule is CCCC[S](CCCC)(OC(C)=O)[SnH]([CH2]C)[CH2]C. The fourth-order valence-electron chi connectivity index (χ4n) is 2.49. The summed E-state index contributed by atoms with van der Waals surface area (Å²) < 4.78 is 8.71. The molecule has 0 aromatic carbocycles. The Balaban J connectivity index is 5.01. The minimum absolute atomic E-state index is 0.0270. The Labute approximate surface area is 121 Å². The van der Waals surface area contributed by atoms with Crippen molar-refractivity contribution in [3.8, 4) is 0 Å². The van der Waals surface area contributed by atoms with E-state index >= 15 is 0 Å². The van der Waals surface area contributed by atoms with Gasteiger partial charge in [-0.25, -0.2) is 0 Å². The van der Waals surface area contributed by atoms with Crippen molar-refractivity contribution in [2.45, 2.75) is 69.2 Å². The average molecular weight is 383 g/mol. The maximum absolute atomic E-state index is 11.6. The van der Waals surface area contributed by atoms with E-state index in [0.29, 0.717) is 0 Å². The molecule has 0 saturated heterocycles. The third-order valence-electron chi connectivity index (χ3n) is 3.49. The number of unbranched alkanes of at least 4 members (excludes halogenated alkanes) is 2. The molecule has 2 nitrogen and oxygen atoms in total. The molecule has 18 heavy (non-hydrogen) atoms. The summed E-state index contributed by atoms with van der Waals surface area (Å²) in [4.78, 5) is 11.6. The van der Waals surface area contributed by atoms with Crippen LogP contribution in [0.15, 0.2) is 0 Å². The molecule has 0 rings (SSSR count). The zero-order chi connectivity index (χ0) is 14.0. The Morgan fingerprint density at radius 3 is 1.72 bits per heavy atom. The molecule has 0 bridgehead atoms. The van der Waals surface area contributed by atoms with Gasteiger partial charge in [0.1, 0.15) is 0 Å². The monoisotopic (exact) mass is 384 g/mol. The van der Waals surface area contributed by atoms with Crippen LogP contribution in [0.25, 0.3) is 0 Å². The quantitative estimate of drug-likeness (QED) is 0.514. The van der Waals surface area contributed by atoms with Crippen LogP contribution in [0.4, 0.5) is 0 Å². The predicted molar refractivity (Wildman–Crippen MR) is 87.0 cm³/mol. The van der Waals surface area contributed by atoms with Crippen molar-refractivity contribution >= 4 is 31.8 Å². The van der Waals surface area contributed by atoms with Gasteiger partial charge in [-0.2, -0.15) is 0 Å². The Morgan fingerprint density at radius 2 is 1.44 bits per heavy atom. The van der Waals surface area contributed by atoms with Crippen LogP contribution in [0.5, 0.6) is 0 Å². The molecule has 4 heteroatoms. The van der Waals surface area contributed by atoms with Crippen LogP contribution >= 0.6 is 7.49 Å². The molecule has 110 valence electrons. The van der Waals surface area contributed by atoms with Gasteiger partial charge in [-0.1, -0.05) is 0 Å². The van der Waals surface area contributed by atoms with Gasteiger partial charge in [-0.15, -0.1) is 0 Å². The van der Waals surface area contributed by atoms with Gasteiger partial charge < -0.3 is 0 Å². The normalized spacial score (nSPS) is 12.8. The van der Waals surface area contributed by atoms with Gasteiger partial charge in [0.15, 0.2) is 0 Å². The number of carbonyl (C=O) groups excluding carboxylic acids is 1. The van der Waals surface area contributed by atoms with Crippen LogP contribution in [0, 0.1) is 0 Å². The van der Waals surface area contributed by atoms with E-state index in [9.17, 15) is 4.79 Å². The third-order valence-corrected chi connectivity index (χ3v) is 32.2. The first-order chi connectivity index (χ1) is 8.56. The van der Waals surface area contributed by atoms with Gasteiger partial charge in [0, 0.05) is 0 Å². The molecule has 0 aromatic rings. The summed E-state index contributed by atoms with van der Waals surface area (Å²) in [6.45, 7) is 10.7. The Morgan fingerprint density at radius 1 is 1.00 bits per heavy atom. The minimum atomic E-state index is -1.69. The van der Waals surface area contributed by atoms with Gasteiger partial charge >= 0.3 is 121 Å². The molecule has 0 atom stereocenters. The fraction of sp³-hybridized carbons (Fsp3) is 0.929. The molecule has 0 heterocycles. The molecule has 0 aliphatic rings. The molecule has 0 aliphatic carbocycles. The molecule has 0 amide bonds. The molecule has 0 unspecified atom stereocenters. The summed E-state index contributed by atoms with van der Waals surface area (Å²) >= 11 is -1.69. The number of hydrogen-bond acceptors (Lipinski definition) is 2. The van der Waals surface area contributed by atoms with Gasteiger partial charge in [0.2, 0.25) is 0 Å². The molecule has 0 N–H and O–H groups in total. The average Bonchev–Trinajstić information content (AvgIpc) is 2.34. The third kappa shape index (κ3) is 6.18. The summed E-state index contributed by atoms with van der Waals surface area (Å²) in [5.74, 6) is 2.37. The first-order valence-electron chi connectivity index (χ1n) is 7.53. The van der Waals surface area contributed by atoms with Crippen molar-refractivity contribution in [2.24, 2.45) is 0 Å². The summed E-state index contributed by atoms with van der Waals surface area (Å²) in [6, 6.07) is 0. The summed E-state index contributed by atoms with van der Waals surface area (Å²) in [5, 5.41) is 0. The van der Waals surface area contributed by atoms with Crippen molar-refractivity contribution in [3.63, 3.8) is 0 Å². The summed E-state index contributed by atoms with van der Waals surface area (Å²) in [7, 11) is -1.00. The van der Waals surface area contributed by atoms with Crippen LogP contribution in [0.1, 0.15) is 60.3 Å². The second kappa shape index (κ2) is 10.4. The van der Waals surface area contributed by atoms with Crippen LogP contribution < -0.4 is 0 Å². The molecular formula is C14H32O2SSn. The Kier molecular flexibility index (Phi) is 10.8. The van der Waals surface area contributed by atoms with Crippen molar-refractivity contribution < 1.29 is 8.98 Å². The molecule has 0 aromatic heterocycles. The van der Waals surface area contributed by atoms with Crippen molar-refractivity contribution in [1.29, 1.82) is 0 Å². The first kappa shape index (κ1) is 18.6. The van der Waals surface area contributed by atoms with E-state index in [2.05, 4.69) is 27.7 Å². The Hall–Kier alpha value is 0.619. The molecule has 0 radical (unpaired) electrons. The van der Waals surface area contributed by atoms with Gasteiger partial charge in [0.05, 0.1) is 0 Å². The maximum atomic E-state index is 11.6. The summed E-state index contributed by atoms with van der Waals surface area (Å²) in [6.07, 6.45) is 4.90. The van der Waals surface area contributed by atoms with E-state index in [0.717, 1.165) is 0 Å². The standard InChI is InChI=1S/C10H21O2S.2C2H5.Sn.H/c1-4-6-8-13(9-7-5-2)12-10(3)11;2*1-2;;/h4-9H2,1-3H3;2*1H2,2H3;;/q+1;;;-1;. The predicted octanol–water partition coefficient (Wildman–Crippen LogP) is 4.63. The van der Waals surface area contributed by atoms with E-state index < -0.39 is 25.9 Å². The van der Waals surface area contributed by atoms with E-state index in [4.69, 9.17) is 4.18 Å². The van der Waals surface area contributed by atoms with E-state index in [1.807, 2.05) is 0 Å². The van der Waals surface area contributed by atoms with Gasteiger partial charge in [-0.3, -0.25) is 0 Å². The summed E-state index contributed by atoms with van der Waals surface area (Å²) in [5.41, 5.74) is 0. The van der Waals surface area contributed by atoms with Crippen LogP contribution in [0.3, 0.4) is 0 Å². The van der Waals surface area contributed by atoms with Crippen LogP contribution in [0.2, 0.25) is 8.87 Å². The van der Waals surface area contributed by atoms with Crippen LogP contribution in [-0.4, -0.2) is 35.9 Å². The van der Waals surface area contributed by atoms with E-state index in [1.165, 1.54) is 46.1 Å². The van der Waals surface area contributed by atoms with Crippen molar-refractivity contribution in [2.75, 3.05) is 11.5 Å². The van der Waals surface area contributed by atoms with Gasteiger partial charge in [0.25, 0.3) is 0 Å². The Bertz CT molecular complexity index is 222. The van der Waals surface area contributed by atoms with Gasteiger partial charge in [-0.05, 0) is 0 Å².